The first-order valence-corrected chi connectivity index (χ1v) is 9.60. The van der Waals surface area contributed by atoms with Gasteiger partial charge in [-0.1, -0.05) is 6.08 Å². The number of nitrogens with one attached hydrogen (secondary N) is 1. The first kappa shape index (κ1) is 23.2. The van der Waals surface area contributed by atoms with Crippen LogP contribution in [-0.4, -0.2) is 43.7 Å². The van der Waals surface area contributed by atoms with Gasteiger partial charge in [-0.2, -0.15) is 0 Å². The van der Waals surface area contributed by atoms with Gasteiger partial charge in [0.1, 0.15) is 17.2 Å². The van der Waals surface area contributed by atoms with Crippen LogP contribution in [-0.2, 0) is 14.0 Å². The number of methoxy groups -OCH3 is 1. The molecule has 1 aromatic carbocycles. The van der Waals surface area contributed by atoms with Crippen molar-refractivity contribution in [1.29, 1.82) is 0 Å². The molecule has 0 bridgehead atoms. The third-order valence-electron chi connectivity index (χ3n) is 4.93. The van der Waals surface area contributed by atoms with E-state index >= 15 is 0 Å². The number of alkyl carbamates (subject to hydrolysis) is 1. The van der Waals surface area contributed by atoms with Crippen molar-refractivity contribution < 1.29 is 28.0 Å². The summed E-state index contributed by atoms with van der Waals surface area (Å²) in [6.07, 6.45) is 1.23. The van der Waals surface area contributed by atoms with Crippen molar-refractivity contribution in [3.05, 3.63) is 35.1 Å². The molecular weight excluding hydrogens is 376 g/mol. The van der Waals surface area contributed by atoms with Crippen LogP contribution in [0, 0.1) is 5.82 Å². The smallest absolute Gasteiger partial charge is 0.492 e. The van der Waals surface area contributed by atoms with Crippen LogP contribution < -0.4 is 10.1 Å². The molecular formula is C21H31BFNO5. The molecule has 1 aromatic rings. The number of carbonyl (C=O) groups excluding carboxylic acids is 1. The Morgan fingerprint density at radius 3 is 2.31 bits per heavy atom. The lowest BCUT2D eigenvalue weighted by atomic mass is 9.77. The van der Waals surface area contributed by atoms with E-state index in [4.69, 9.17) is 18.8 Å². The summed E-state index contributed by atoms with van der Waals surface area (Å²) in [5.74, 6) is -0.0284. The fraction of sp³-hybridized carbons (Fsp3) is 0.571. The van der Waals surface area contributed by atoms with Gasteiger partial charge in [-0.25, -0.2) is 9.18 Å². The predicted octanol–water partition coefficient (Wildman–Crippen LogP) is 4.37. The molecule has 1 saturated heterocycles. The van der Waals surface area contributed by atoms with Crippen molar-refractivity contribution in [2.75, 3.05) is 13.7 Å². The van der Waals surface area contributed by atoms with Crippen LogP contribution in [0.1, 0.15) is 54.0 Å². The fourth-order valence-corrected chi connectivity index (χ4v) is 2.69. The Hall–Kier alpha value is -2.06. The largest absolute Gasteiger partial charge is 0.496 e. The summed E-state index contributed by atoms with van der Waals surface area (Å²) < 4.78 is 36.4. The first-order valence-electron chi connectivity index (χ1n) is 9.60. The molecule has 1 heterocycles. The summed E-state index contributed by atoms with van der Waals surface area (Å²) in [7, 11) is 0.782. The lowest BCUT2D eigenvalue weighted by molar-refractivity contribution is 0.00578. The third-order valence-corrected chi connectivity index (χ3v) is 4.93. The monoisotopic (exact) mass is 407 g/mol. The van der Waals surface area contributed by atoms with E-state index in [9.17, 15) is 9.18 Å². The van der Waals surface area contributed by atoms with Crippen LogP contribution in [0.5, 0.6) is 5.75 Å². The Balaban J connectivity index is 2.33. The zero-order chi connectivity index (χ0) is 22.0. The molecule has 0 atom stereocenters. The van der Waals surface area contributed by atoms with E-state index in [0.717, 1.165) is 0 Å². The summed E-state index contributed by atoms with van der Waals surface area (Å²) >= 11 is 0. The molecule has 1 N–H and O–H groups in total. The summed E-state index contributed by atoms with van der Waals surface area (Å²) in [5, 5.41) is 2.74. The molecule has 160 valence electrons. The van der Waals surface area contributed by atoms with Gasteiger partial charge in [0.25, 0.3) is 0 Å². The highest BCUT2D eigenvalue weighted by molar-refractivity contribution is 6.56. The van der Waals surface area contributed by atoms with E-state index in [1.165, 1.54) is 19.2 Å². The molecule has 0 radical (unpaired) electrons. The number of halogens is 1. The average molecular weight is 407 g/mol. The zero-order valence-corrected chi connectivity index (χ0v) is 18.5. The molecule has 0 unspecified atom stereocenters. The van der Waals surface area contributed by atoms with Gasteiger partial charge in [0, 0.05) is 18.2 Å². The molecule has 1 amide bonds. The predicted molar refractivity (Wildman–Crippen MR) is 111 cm³/mol. The Kier molecular flexibility index (Phi) is 6.70. The van der Waals surface area contributed by atoms with Crippen molar-refractivity contribution in [3.63, 3.8) is 0 Å². The lowest BCUT2D eigenvalue weighted by Gasteiger charge is -2.32. The number of amides is 1. The maximum absolute atomic E-state index is 13.6. The SMILES string of the molecule is COc1cc(F)ccc1C=C(CNC(=O)OC(C)(C)C)B1OC(C)(C)C(C)(C)O1. The second-order valence-corrected chi connectivity index (χ2v) is 9.05. The van der Waals surface area contributed by atoms with E-state index in [1.54, 1.807) is 32.9 Å². The third kappa shape index (κ3) is 5.96. The number of carbonyl (C=O) groups is 1. The quantitative estimate of drug-likeness (QED) is 0.735. The number of hydrogen-bond donors (Lipinski definition) is 1. The number of ether oxygens (including phenoxy) is 2. The highest BCUT2D eigenvalue weighted by Crippen LogP contribution is 2.39. The second kappa shape index (κ2) is 8.36. The molecule has 1 aliphatic heterocycles. The normalized spacial score (nSPS) is 18.5. The van der Waals surface area contributed by atoms with Crippen LogP contribution in [0.15, 0.2) is 23.7 Å². The Morgan fingerprint density at radius 1 is 1.21 bits per heavy atom. The van der Waals surface area contributed by atoms with Gasteiger partial charge in [0.2, 0.25) is 0 Å². The molecule has 0 spiro atoms. The van der Waals surface area contributed by atoms with Gasteiger partial charge >= 0.3 is 13.2 Å². The Bertz CT molecular complexity index is 770. The van der Waals surface area contributed by atoms with E-state index in [-0.39, 0.29) is 6.54 Å². The van der Waals surface area contributed by atoms with Crippen molar-refractivity contribution in [2.45, 2.75) is 65.3 Å². The van der Waals surface area contributed by atoms with E-state index in [2.05, 4.69) is 5.32 Å². The van der Waals surface area contributed by atoms with Crippen molar-refractivity contribution in [1.82, 2.24) is 5.32 Å². The van der Waals surface area contributed by atoms with Gasteiger partial charge in [-0.15, -0.1) is 0 Å². The maximum Gasteiger partial charge on any atom is 0.492 e. The maximum atomic E-state index is 13.6. The molecule has 1 fully saturated rings. The van der Waals surface area contributed by atoms with Crippen LogP contribution in [0.2, 0.25) is 0 Å². The molecule has 0 aliphatic carbocycles. The van der Waals surface area contributed by atoms with Crippen molar-refractivity contribution in [2.24, 2.45) is 0 Å². The Labute approximate surface area is 172 Å². The van der Waals surface area contributed by atoms with Crippen LogP contribution in [0.4, 0.5) is 9.18 Å². The lowest BCUT2D eigenvalue weighted by Crippen LogP contribution is -2.41. The summed E-state index contributed by atoms with van der Waals surface area (Å²) in [6, 6.07) is 4.25. The van der Waals surface area contributed by atoms with Gasteiger partial charge in [-0.3, -0.25) is 0 Å². The van der Waals surface area contributed by atoms with E-state index in [1.807, 2.05) is 27.7 Å². The minimum absolute atomic E-state index is 0.131. The van der Waals surface area contributed by atoms with Gasteiger partial charge in [-0.05, 0) is 66.1 Å². The summed E-state index contributed by atoms with van der Waals surface area (Å²) in [6.45, 7) is 13.3. The fourth-order valence-electron chi connectivity index (χ4n) is 2.69. The second-order valence-electron chi connectivity index (χ2n) is 9.05. The van der Waals surface area contributed by atoms with Crippen LogP contribution in [0.3, 0.4) is 0 Å². The average Bonchev–Trinajstić information content (AvgIpc) is 2.78. The molecule has 2 rings (SSSR count). The molecule has 1 aliphatic rings. The van der Waals surface area contributed by atoms with Crippen molar-refractivity contribution >= 4 is 19.3 Å². The molecule has 0 saturated carbocycles. The van der Waals surface area contributed by atoms with E-state index in [0.29, 0.717) is 16.8 Å². The molecule has 29 heavy (non-hydrogen) atoms. The number of hydrogen-bond acceptors (Lipinski definition) is 5. The molecule has 0 aromatic heterocycles. The van der Waals surface area contributed by atoms with Gasteiger partial charge in [0.05, 0.1) is 18.3 Å². The zero-order valence-electron chi connectivity index (χ0n) is 18.5. The first-order chi connectivity index (χ1) is 13.2. The highest BCUT2D eigenvalue weighted by Gasteiger charge is 2.52. The molecule has 6 nitrogen and oxygen atoms in total. The minimum atomic E-state index is -0.690. The standard InChI is InChI=1S/C21H31BFNO5/c1-19(2,3)27-18(25)24-13-15(22-28-20(4,5)21(6,7)29-22)11-14-9-10-16(23)12-17(14)26-8/h9-12H,13H2,1-8H3,(H,24,25). The van der Waals surface area contributed by atoms with Gasteiger partial charge < -0.3 is 24.1 Å². The van der Waals surface area contributed by atoms with E-state index < -0.39 is 35.8 Å². The summed E-state index contributed by atoms with van der Waals surface area (Å²) in [5.41, 5.74) is -0.409. The van der Waals surface area contributed by atoms with Crippen molar-refractivity contribution in [3.8, 4) is 5.75 Å². The Morgan fingerprint density at radius 2 is 1.79 bits per heavy atom. The van der Waals surface area contributed by atoms with Crippen LogP contribution >= 0.6 is 0 Å². The molecule has 8 heteroatoms. The number of rotatable bonds is 5. The topological polar surface area (TPSA) is 66.0 Å². The van der Waals surface area contributed by atoms with Crippen LogP contribution in [0.25, 0.3) is 6.08 Å². The highest BCUT2D eigenvalue weighted by atomic mass is 19.1. The van der Waals surface area contributed by atoms with Gasteiger partial charge in [0.15, 0.2) is 0 Å². The number of benzene rings is 1. The minimum Gasteiger partial charge on any atom is -0.496 e. The summed E-state index contributed by atoms with van der Waals surface area (Å²) in [4.78, 5) is 12.1.